The monoisotopic (exact) mass is 275 g/mol. The number of aromatic amines is 1. The van der Waals surface area contributed by atoms with E-state index in [9.17, 15) is 4.79 Å². The molecule has 0 fully saturated rings. The molecule has 100 valence electrons. The largest absolute Gasteiger partial charge is 0.366 e. The number of carbonyl (C=O) groups is 1. The van der Waals surface area contributed by atoms with E-state index in [1.807, 2.05) is 22.9 Å². The molecule has 0 aliphatic carbocycles. The average Bonchev–Trinajstić information content (AvgIpc) is 2.71. The summed E-state index contributed by atoms with van der Waals surface area (Å²) in [4.78, 5) is 14.1. The zero-order valence-electron chi connectivity index (χ0n) is 11.2. The number of imidazole rings is 1. The number of rotatable bonds is 2. The topological polar surface area (TPSA) is 63.8 Å². The molecule has 1 aromatic carbocycles. The molecule has 0 aliphatic rings. The van der Waals surface area contributed by atoms with Crippen molar-refractivity contribution in [3.05, 3.63) is 46.5 Å². The van der Waals surface area contributed by atoms with Crippen LogP contribution in [0.5, 0.6) is 0 Å². The quantitative estimate of drug-likeness (QED) is 0.828. The molecule has 2 rings (SSSR count). The first-order chi connectivity index (χ1) is 8.80. The number of hydrogen-bond donors (Lipinski definition) is 2. The summed E-state index contributed by atoms with van der Waals surface area (Å²) in [5.74, 6) is -0.430. The molecule has 0 aliphatic heterocycles. The van der Waals surface area contributed by atoms with Gasteiger partial charge in [-0.25, -0.2) is 0 Å². The third kappa shape index (κ3) is 2.61. The van der Waals surface area contributed by atoms with Gasteiger partial charge in [0.05, 0.1) is 0 Å². The van der Waals surface area contributed by atoms with Crippen molar-refractivity contribution < 1.29 is 4.79 Å². The van der Waals surface area contributed by atoms with Crippen LogP contribution in [-0.4, -0.2) is 15.5 Å². The van der Waals surface area contributed by atoms with Crippen molar-refractivity contribution in [2.45, 2.75) is 26.2 Å². The molecule has 0 atom stereocenters. The fourth-order valence-electron chi connectivity index (χ4n) is 1.95. The fourth-order valence-corrected chi connectivity index (χ4v) is 2.21. The third-order valence-electron chi connectivity index (χ3n) is 2.95. The minimum Gasteiger partial charge on any atom is -0.366 e. The first-order valence-corrected chi connectivity index (χ1v) is 6.42. The Kier molecular flexibility index (Phi) is 3.32. The molecule has 0 saturated heterocycles. The zero-order valence-corrected chi connectivity index (χ0v) is 12.0. The van der Waals surface area contributed by atoms with Gasteiger partial charge in [-0.2, -0.15) is 0 Å². The van der Waals surface area contributed by atoms with Crippen LogP contribution >= 0.6 is 12.2 Å². The molecule has 0 radical (unpaired) electrons. The SMILES string of the molecule is CC(C)(C)c1c[nH]c(=S)n1-c1ccc(C(N)=O)cc1. The van der Waals surface area contributed by atoms with Crippen LogP contribution in [0.2, 0.25) is 0 Å². The number of H-pyrrole nitrogens is 1. The number of carbonyl (C=O) groups excluding carboxylic acids is 1. The molecule has 3 N–H and O–H groups in total. The second kappa shape index (κ2) is 4.66. The summed E-state index contributed by atoms with van der Waals surface area (Å²) in [5.41, 5.74) is 7.70. The molecular formula is C14H17N3OS. The maximum absolute atomic E-state index is 11.1. The minimum absolute atomic E-state index is 0.0318. The first-order valence-electron chi connectivity index (χ1n) is 6.02. The summed E-state index contributed by atoms with van der Waals surface area (Å²) in [6, 6.07) is 7.11. The number of nitrogens with zero attached hydrogens (tertiary/aromatic N) is 1. The third-order valence-corrected chi connectivity index (χ3v) is 3.26. The van der Waals surface area contributed by atoms with Crippen LogP contribution in [0.15, 0.2) is 30.5 Å². The summed E-state index contributed by atoms with van der Waals surface area (Å²) in [7, 11) is 0. The van der Waals surface area contributed by atoms with Gasteiger partial charge in [-0.3, -0.25) is 9.36 Å². The molecular weight excluding hydrogens is 258 g/mol. The molecule has 2 aromatic rings. The van der Waals surface area contributed by atoms with Crippen LogP contribution in [-0.2, 0) is 5.41 Å². The lowest BCUT2D eigenvalue weighted by molar-refractivity contribution is 0.100. The predicted molar refractivity (Wildman–Crippen MR) is 78.2 cm³/mol. The lowest BCUT2D eigenvalue weighted by Crippen LogP contribution is -2.17. The second-order valence-corrected chi connectivity index (χ2v) is 5.86. The standard InChI is InChI=1S/C14H17N3OS/c1-14(2,3)11-8-16-13(19)17(11)10-6-4-9(5-7-10)12(15)18/h4-8H,1-3H3,(H2,15,18)(H,16,19). The maximum atomic E-state index is 11.1. The van der Waals surface area contributed by atoms with Gasteiger partial charge in [0.1, 0.15) is 0 Å². The minimum atomic E-state index is -0.430. The molecule has 0 saturated carbocycles. The van der Waals surface area contributed by atoms with Gasteiger partial charge >= 0.3 is 0 Å². The lowest BCUT2D eigenvalue weighted by atomic mass is 9.92. The number of nitrogens with two attached hydrogens (primary N) is 1. The van der Waals surface area contributed by atoms with Crippen molar-refractivity contribution in [3.8, 4) is 5.69 Å². The summed E-state index contributed by atoms with van der Waals surface area (Å²) >= 11 is 5.32. The summed E-state index contributed by atoms with van der Waals surface area (Å²) < 4.78 is 2.61. The van der Waals surface area contributed by atoms with Crippen LogP contribution in [0.3, 0.4) is 0 Å². The van der Waals surface area contributed by atoms with E-state index in [2.05, 4.69) is 25.8 Å². The van der Waals surface area contributed by atoms with Gasteiger partial charge in [0, 0.05) is 28.6 Å². The number of benzene rings is 1. The zero-order chi connectivity index (χ0) is 14.2. The molecule has 0 bridgehead atoms. The summed E-state index contributed by atoms with van der Waals surface area (Å²) in [5, 5.41) is 0. The average molecular weight is 275 g/mol. The molecule has 1 aromatic heterocycles. The summed E-state index contributed by atoms with van der Waals surface area (Å²) in [6.45, 7) is 6.37. The van der Waals surface area contributed by atoms with Gasteiger partial charge in [0.2, 0.25) is 5.91 Å². The Labute approximate surface area is 117 Å². The van der Waals surface area contributed by atoms with E-state index in [1.54, 1.807) is 12.1 Å². The van der Waals surface area contributed by atoms with Crippen molar-refractivity contribution in [3.63, 3.8) is 0 Å². The number of primary amides is 1. The highest BCUT2D eigenvalue weighted by molar-refractivity contribution is 7.71. The lowest BCUT2D eigenvalue weighted by Gasteiger charge is -2.20. The molecule has 1 heterocycles. The van der Waals surface area contributed by atoms with E-state index in [0.717, 1.165) is 11.4 Å². The molecule has 5 heteroatoms. The normalized spacial score (nSPS) is 11.5. The van der Waals surface area contributed by atoms with Gasteiger partial charge in [0.25, 0.3) is 0 Å². The number of hydrogen-bond acceptors (Lipinski definition) is 2. The Morgan fingerprint density at radius 1 is 1.26 bits per heavy atom. The first kappa shape index (κ1) is 13.5. The highest BCUT2D eigenvalue weighted by atomic mass is 32.1. The van der Waals surface area contributed by atoms with Crippen LogP contribution in [0.4, 0.5) is 0 Å². The Bertz CT molecular complexity index is 659. The number of aromatic nitrogens is 2. The fraction of sp³-hybridized carbons (Fsp3) is 0.286. The maximum Gasteiger partial charge on any atom is 0.248 e. The van der Waals surface area contributed by atoms with Gasteiger partial charge in [-0.1, -0.05) is 20.8 Å². The predicted octanol–water partition coefficient (Wildman–Crippen LogP) is 2.93. The van der Waals surface area contributed by atoms with E-state index < -0.39 is 5.91 Å². The van der Waals surface area contributed by atoms with Gasteiger partial charge in [-0.05, 0) is 36.5 Å². The molecule has 1 amide bonds. The van der Waals surface area contributed by atoms with E-state index >= 15 is 0 Å². The van der Waals surface area contributed by atoms with Crippen molar-refractivity contribution in [1.29, 1.82) is 0 Å². The number of amides is 1. The van der Waals surface area contributed by atoms with Crippen LogP contribution in [0.25, 0.3) is 5.69 Å². The molecule has 0 unspecified atom stereocenters. The van der Waals surface area contributed by atoms with E-state index in [-0.39, 0.29) is 5.41 Å². The molecule has 0 spiro atoms. The Morgan fingerprint density at radius 3 is 2.32 bits per heavy atom. The smallest absolute Gasteiger partial charge is 0.248 e. The van der Waals surface area contributed by atoms with Crippen LogP contribution in [0.1, 0.15) is 36.8 Å². The summed E-state index contributed by atoms with van der Waals surface area (Å²) in [6.07, 6.45) is 1.92. The van der Waals surface area contributed by atoms with Crippen LogP contribution < -0.4 is 5.73 Å². The molecule has 4 nitrogen and oxygen atoms in total. The van der Waals surface area contributed by atoms with Crippen molar-refractivity contribution in [2.24, 2.45) is 5.73 Å². The Balaban J connectivity index is 2.56. The van der Waals surface area contributed by atoms with E-state index in [1.165, 1.54) is 0 Å². The van der Waals surface area contributed by atoms with Gasteiger partial charge in [-0.15, -0.1) is 0 Å². The van der Waals surface area contributed by atoms with Crippen LogP contribution in [0, 0.1) is 4.77 Å². The highest BCUT2D eigenvalue weighted by Gasteiger charge is 2.20. The second-order valence-electron chi connectivity index (χ2n) is 5.48. The van der Waals surface area contributed by atoms with Crippen molar-refractivity contribution in [2.75, 3.05) is 0 Å². The Morgan fingerprint density at radius 2 is 1.84 bits per heavy atom. The Hall–Kier alpha value is -1.88. The van der Waals surface area contributed by atoms with E-state index in [0.29, 0.717) is 10.3 Å². The van der Waals surface area contributed by atoms with Crippen molar-refractivity contribution >= 4 is 18.1 Å². The number of nitrogens with one attached hydrogen (secondary N) is 1. The van der Waals surface area contributed by atoms with E-state index in [4.69, 9.17) is 18.0 Å². The highest BCUT2D eigenvalue weighted by Crippen LogP contribution is 2.25. The van der Waals surface area contributed by atoms with Crippen molar-refractivity contribution in [1.82, 2.24) is 9.55 Å². The van der Waals surface area contributed by atoms with Gasteiger partial charge in [0.15, 0.2) is 4.77 Å². The van der Waals surface area contributed by atoms with Gasteiger partial charge < -0.3 is 10.7 Å². The molecule has 19 heavy (non-hydrogen) atoms.